The van der Waals surface area contributed by atoms with E-state index in [1.165, 1.54) is 24.0 Å². The molecule has 0 N–H and O–H groups in total. The summed E-state index contributed by atoms with van der Waals surface area (Å²) in [7, 11) is 0. The average molecular weight is 370 g/mol. The van der Waals surface area contributed by atoms with E-state index in [4.69, 9.17) is 4.74 Å². The first kappa shape index (κ1) is 17.7. The van der Waals surface area contributed by atoms with E-state index in [0.29, 0.717) is 18.6 Å². The molecule has 5 rings (SSSR count). The van der Waals surface area contributed by atoms with Crippen molar-refractivity contribution in [2.45, 2.75) is 44.7 Å². The van der Waals surface area contributed by atoms with Crippen LogP contribution < -0.4 is 4.90 Å². The number of hydrogen-bond acceptors (Lipinski definition) is 4. The number of rotatable bonds is 3. The largest absolute Gasteiger partial charge is 0.378 e. The van der Waals surface area contributed by atoms with E-state index in [9.17, 15) is 4.79 Å². The molecule has 27 heavy (non-hydrogen) atoms. The minimum Gasteiger partial charge on any atom is -0.378 e. The van der Waals surface area contributed by atoms with Crippen molar-refractivity contribution in [2.24, 2.45) is 5.92 Å². The van der Waals surface area contributed by atoms with Gasteiger partial charge < -0.3 is 9.64 Å². The van der Waals surface area contributed by atoms with Gasteiger partial charge in [0.15, 0.2) is 0 Å². The number of nitrogens with zero attached hydrogens (tertiary/aromatic N) is 3. The molecule has 1 aliphatic carbocycles. The van der Waals surface area contributed by atoms with Crippen LogP contribution in [0.4, 0.5) is 5.69 Å². The molecule has 4 aliphatic rings. The fourth-order valence-corrected chi connectivity index (χ4v) is 5.23. The van der Waals surface area contributed by atoms with Crippen LogP contribution in [0, 0.1) is 12.8 Å². The SMILES string of the molecule is Cc1ccc2c(c1)CCCN2C(=O)CN1CCN2[C@@H](COC[C@@H]2C2CC2)C1. The Bertz CT molecular complexity index is 718. The van der Waals surface area contributed by atoms with Gasteiger partial charge in [0.2, 0.25) is 5.91 Å². The zero-order valence-electron chi connectivity index (χ0n) is 16.4. The number of ether oxygens (including phenoxy) is 1. The maximum atomic E-state index is 13.1. The standard InChI is InChI=1S/C22H31N3O2/c1-16-4-7-20-18(11-16)3-2-8-25(20)22(26)13-23-9-10-24-19(12-23)14-27-15-21(24)17-5-6-17/h4,7,11,17,19,21H,2-3,5-6,8-10,12-15H2,1H3/t19-,21-/m1/s1. The molecule has 5 nitrogen and oxygen atoms in total. The van der Waals surface area contributed by atoms with Gasteiger partial charge in [-0.15, -0.1) is 0 Å². The van der Waals surface area contributed by atoms with Gasteiger partial charge in [-0.3, -0.25) is 14.6 Å². The highest BCUT2D eigenvalue weighted by Crippen LogP contribution is 2.38. The zero-order valence-corrected chi connectivity index (χ0v) is 16.4. The minimum atomic E-state index is 0.253. The Kier molecular flexibility index (Phi) is 4.70. The lowest BCUT2D eigenvalue weighted by atomic mass is 9.99. The predicted octanol–water partition coefficient (Wildman–Crippen LogP) is 2.07. The first-order chi connectivity index (χ1) is 13.2. The molecular weight excluding hydrogens is 338 g/mol. The van der Waals surface area contributed by atoms with E-state index in [0.717, 1.165) is 63.8 Å². The Morgan fingerprint density at radius 1 is 1.19 bits per heavy atom. The molecule has 146 valence electrons. The second-order valence-electron chi connectivity index (χ2n) is 8.85. The van der Waals surface area contributed by atoms with Crippen LogP contribution in [0.2, 0.25) is 0 Å². The lowest BCUT2D eigenvalue weighted by molar-refractivity contribution is -0.123. The first-order valence-corrected chi connectivity index (χ1v) is 10.6. The number of fused-ring (bicyclic) bond motifs is 2. The van der Waals surface area contributed by atoms with Crippen molar-refractivity contribution in [1.82, 2.24) is 9.80 Å². The predicted molar refractivity (Wildman–Crippen MR) is 106 cm³/mol. The Morgan fingerprint density at radius 3 is 2.93 bits per heavy atom. The molecule has 1 amide bonds. The second-order valence-corrected chi connectivity index (χ2v) is 8.85. The van der Waals surface area contributed by atoms with Crippen molar-refractivity contribution in [3.05, 3.63) is 29.3 Å². The molecule has 2 saturated heterocycles. The summed E-state index contributed by atoms with van der Waals surface area (Å²) in [4.78, 5) is 20.2. The van der Waals surface area contributed by atoms with Gasteiger partial charge in [-0.2, -0.15) is 0 Å². The molecule has 0 bridgehead atoms. The maximum absolute atomic E-state index is 13.1. The summed E-state index contributed by atoms with van der Waals surface area (Å²) < 4.78 is 5.92. The molecule has 1 aromatic rings. The quantitative estimate of drug-likeness (QED) is 0.817. The van der Waals surface area contributed by atoms with Crippen LogP contribution in [0.3, 0.4) is 0 Å². The average Bonchev–Trinajstić information content (AvgIpc) is 3.51. The first-order valence-electron chi connectivity index (χ1n) is 10.6. The van der Waals surface area contributed by atoms with E-state index >= 15 is 0 Å². The summed E-state index contributed by atoms with van der Waals surface area (Å²) in [5.41, 5.74) is 3.74. The zero-order chi connectivity index (χ0) is 18.4. The Balaban J connectivity index is 1.23. The van der Waals surface area contributed by atoms with E-state index in [2.05, 4.69) is 34.9 Å². The number of carbonyl (C=O) groups is 1. The number of piperazine rings is 1. The van der Waals surface area contributed by atoms with Gasteiger partial charge in [0.1, 0.15) is 0 Å². The van der Waals surface area contributed by atoms with Crippen molar-refractivity contribution in [3.8, 4) is 0 Å². The monoisotopic (exact) mass is 369 g/mol. The van der Waals surface area contributed by atoms with Crippen LogP contribution in [-0.2, 0) is 16.0 Å². The van der Waals surface area contributed by atoms with Gasteiger partial charge in [-0.1, -0.05) is 17.7 Å². The van der Waals surface area contributed by atoms with Crippen LogP contribution in [0.1, 0.15) is 30.4 Å². The summed E-state index contributed by atoms with van der Waals surface area (Å²) in [5, 5.41) is 0. The number of benzene rings is 1. The molecule has 0 spiro atoms. The van der Waals surface area contributed by atoms with E-state index in [1.54, 1.807) is 0 Å². The molecule has 0 radical (unpaired) electrons. The third-order valence-corrected chi connectivity index (χ3v) is 6.82. The van der Waals surface area contributed by atoms with Gasteiger partial charge in [-0.25, -0.2) is 0 Å². The summed E-state index contributed by atoms with van der Waals surface area (Å²) in [5.74, 6) is 1.11. The van der Waals surface area contributed by atoms with Crippen molar-refractivity contribution >= 4 is 11.6 Å². The molecule has 0 unspecified atom stereocenters. The lowest BCUT2D eigenvalue weighted by Crippen LogP contribution is -2.63. The highest BCUT2D eigenvalue weighted by Gasteiger charge is 2.43. The second kappa shape index (κ2) is 7.19. The highest BCUT2D eigenvalue weighted by atomic mass is 16.5. The molecule has 1 aromatic carbocycles. The van der Waals surface area contributed by atoms with Crippen molar-refractivity contribution < 1.29 is 9.53 Å². The Morgan fingerprint density at radius 2 is 2.07 bits per heavy atom. The molecule has 2 atom stereocenters. The number of amides is 1. The van der Waals surface area contributed by atoms with Crippen LogP contribution >= 0.6 is 0 Å². The molecular formula is C22H31N3O2. The summed E-state index contributed by atoms with van der Waals surface area (Å²) >= 11 is 0. The van der Waals surface area contributed by atoms with E-state index in [1.807, 2.05) is 4.90 Å². The van der Waals surface area contributed by atoms with Crippen molar-refractivity contribution in [1.29, 1.82) is 0 Å². The molecule has 5 heteroatoms. The van der Waals surface area contributed by atoms with Crippen molar-refractivity contribution in [3.63, 3.8) is 0 Å². The number of hydrogen-bond donors (Lipinski definition) is 0. The van der Waals surface area contributed by atoms with E-state index < -0.39 is 0 Å². The number of morpholine rings is 1. The lowest BCUT2D eigenvalue weighted by Gasteiger charge is -2.48. The molecule has 3 aliphatic heterocycles. The van der Waals surface area contributed by atoms with E-state index in [-0.39, 0.29) is 5.91 Å². The maximum Gasteiger partial charge on any atom is 0.241 e. The number of carbonyl (C=O) groups excluding carboxylic acids is 1. The van der Waals surface area contributed by atoms with Crippen molar-refractivity contribution in [2.75, 3.05) is 50.8 Å². The Hall–Kier alpha value is -1.43. The third kappa shape index (κ3) is 3.53. The molecule has 3 heterocycles. The van der Waals surface area contributed by atoms with Crippen LogP contribution in [-0.4, -0.2) is 73.7 Å². The number of aryl methyl sites for hydroxylation is 2. The fraction of sp³-hybridized carbons (Fsp3) is 0.682. The normalized spacial score (nSPS) is 29.3. The summed E-state index contributed by atoms with van der Waals surface area (Å²) in [6.07, 6.45) is 4.89. The third-order valence-electron chi connectivity index (χ3n) is 6.82. The molecule has 3 fully saturated rings. The topological polar surface area (TPSA) is 36.0 Å². The molecule has 0 aromatic heterocycles. The summed E-state index contributed by atoms with van der Waals surface area (Å²) in [6.45, 7) is 8.28. The highest BCUT2D eigenvalue weighted by molar-refractivity contribution is 5.96. The van der Waals surface area contributed by atoms with Crippen LogP contribution in [0.15, 0.2) is 18.2 Å². The van der Waals surface area contributed by atoms with Gasteiger partial charge in [0.05, 0.1) is 19.8 Å². The Labute approximate surface area is 162 Å². The fourth-order valence-electron chi connectivity index (χ4n) is 5.23. The van der Waals surface area contributed by atoms with Crippen LogP contribution in [0.5, 0.6) is 0 Å². The molecule has 1 saturated carbocycles. The van der Waals surface area contributed by atoms with Crippen LogP contribution in [0.25, 0.3) is 0 Å². The number of anilines is 1. The van der Waals surface area contributed by atoms with Gasteiger partial charge in [-0.05, 0) is 50.2 Å². The summed E-state index contributed by atoms with van der Waals surface area (Å²) in [6, 6.07) is 7.58. The van der Waals surface area contributed by atoms with Gasteiger partial charge in [0, 0.05) is 44.0 Å². The van der Waals surface area contributed by atoms with Gasteiger partial charge >= 0.3 is 0 Å². The smallest absolute Gasteiger partial charge is 0.241 e. The van der Waals surface area contributed by atoms with Gasteiger partial charge in [0.25, 0.3) is 0 Å². The minimum absolute atomic E-state index is 0.253.